The van der Waals surface area contributed by atoms with Gasteiger partial charge < -0.3 is 9.47 Å². The molecule has 0 heterocycles. The van der Waals surface area contributed by atoms with Crippen molar-refractivity contribution in [3.8, 4) is 0 Å². The lowest BCUT2D eigenvalue weighted by atomic mass is 9.52. The number of esters is 2. The minimum absolute atomic E-state index is 0.00745. The van der Waals surface area contributed by atoms with Crippen LogP contribution in [0.5, 0.6) is 0 Å². The average molecular weight is 487 g/mol. The lowest BCUT2D eigenvalue weighted by Gasteiger charge is -2.53. The second kappa shape index (κ2) is 11.6. The summed E-state index contributed by atoms with van der Waals surface area (Å²) >= 11 is 0. The van der Waals surface area contributed by atoms with Crippen molar-refractivity contribution in [1.82, 2.24) is 0 Å². The molecule has 0 unspecified atom stereocenters. The lowest BCUT2D eigenvalue weighted by molar-refractivity contribution is -0.171. The molecule has 4 aliphatic carbocycles. The highest BCUT2D eigenvalue weighted by atomic mass is 16.6. The van der Waals surface area contributed by atoms with Crippen LogP contribution >= 0.6 is 0 Å². The van der Waals surface area contributed by atoms with Crippen molar-refractivity contribution in [3.05, 3.63) is 11.6 Å². The van der Waals surface area contributed by atoms with Gasteiger partial charge in [0.1, 0.15) is 6.10 Å². The molecule has 0 amide bonds. The zero-order chi connectivity index (χ0) is 25.0. The summed E-state index contributed by atoms with van der Waals surface area (Å²) in [5.41, 5.74) is 1.40. The average Bonchev–Trinajstić information content (AvgIpc) is 3.13. The molecule has 3 fully saturated rings. The van der Waals surface area contributed by atoms with Gasteiger partial charge in [-0.05, 0) is 87.0 Å². The summed E-state index contributed by atoms with van der Waals surface area (Å²) in [4.78, 5) is 36.8. The normalized spacial score (nSPS) is 36.0. The van der Waals surface area contributed by atoms with Gasteiger partial charge in [0.05, 0.1) is 0 Å². The Morgan fingerprint density at radius 2 is 1.80 bits per heavy atom. The molecule has 0 aliphatic heterocycles. The Morgan fingerprint density at radius 3 is 2.57 bits per heavy atom. The van der Waals surface area contributed by atoms with Crippen LogP contribution in [0.2, 0.25) is 0 Å². The quantitative estimate of drug-likeness (QED) is 0.258. The summed E-state index contributed by atoms with van der Waals surface area (Å²) in [5, 5.41) is 0. The highest BCUT2D eigenvalue weighted by molar-refractivity contribution is 5.91. The van der Waals surface area contributed by atoms with E-state index in [1.165, 1.54) is 18.4 Å². The predicted octanol–water partition coefficient (Wildman–Crippen LogP) is 6.58. The van der Waals surface area contributed by atoms with Crippen molar-refractivity contribution in [2.24, 2.45) is 35.0 Å². The minimum atomic E-state index is -0.392. The minimum Gasteiger partial charge on any atom is -0.459 e. The zero-order valence-electron chi connectivity index (χ0n) is 22.2. The van der Waals surface area contributed by atoms with E-state index in [2.05, 4.69) is 20.8 Å². The predicted molar refractivity (Wildman–Crippen MR) is 135 cm³/mol. The van der Waals surface area contributed by atoms with Crippen LogP contribution < -0.4 is 0 Å². The topological polar surface area (TPSA) is 69.7 Å². The van der Waals surface area contributed by atoms with Gasteiger partial charge in [0, 0.05) is 18.3 Å². The van der Waals surface area contributed by atoms with Gasteiger partial charge in [0.25, 0.3) is 0 Å². The molecule has 4 aliphatic rings. The van der Waals surface area contributed by atoms with E-state index in [0.717, 1.165) is 64.2 Å². The van der Waals surface area contributed by atoms with Gasteiger partial charge in [-0.15, -0.1) is 0 Å². The monoisotopic (exact) mass is 486 g/mol. The van der Waals surface area contributed by atoms with Crippen LogP contribution in [0.15, 0.2) is 11.6 Å². The molecule has 0 aromatic rings. The van der Waals surface area contributed by atoms with Crippen molar-refractivity contribution >= 4 is 17.7 Å². The molecule has 5 heteroatoms. The summed E-state index contributed by atoms with van der Waals surface area (Å²) in [6, 6.07) is 0. The number of rotatable bonds is 10. The van der Waals surface area contributed by atoms with Crippen LogP contribution in [-0.4, -0.2) is 30.4 Å². The number of fused-ring (bicyclic) bond motifs is 5. The lowest BCUT2D eigenvalue weighted by Crippen LogP contribution is -2.49. The van der Waals surface area contributed by atoms with E-state index >= 15 is 0 Å². The van der Waals surface area contributed by atoms with Crippen LogP contribution in [0.4, 0.5) is 0 Å². The first-order valence-corrected chi connectivity index (χ1v) is 14.5. The van der Waals surface area contributed by atoms with E-state index in [1.54, 1.807) is 0 Å². The molecule has 5 nitrogen and oxygen atoms in total. The molecule has 0 radical (unpaired) electrons. The van der Waals surface area contributed by atoms with Gasteiger partial charge in [-0.1, -0.05) is 52.0 Å². The van der Waals surface area contributed by atoms with Crippen molar-refractivity contribution < 1.29 is 23.9 Å². The molecule has 196 valence electrons. The molecule has 0 aromatic heterocycles. The third-order valence-electron chi connectivity index (χ3n) is 9.99. The van der Waals surface area contributed by atoms with Crippen LogP contribution in [0.3, 0.4) is 0 Å². The van der Waals surface area contributed by atoms with Crippen LogP contribution in [-0.2, 0) is 23.9 Å². The number of carbonyl (C=O) groups excluding carboxylic acids is 3. The Bertz CT molecular complexity index is 816. The number of unbranched alkanes of at least 4 members (excludes halogenated alkanes) is 4. The van der Waals surface area contributed by atoms with E-state index in [-0.39, 0.29) is 24.1 Å². The Labute approximate surface area is 211 Å². The molecule has 0 saturated heterocycles. The fourth-order valence-corrected chi connectivity index (χ4v) is 8.19. The molecule has 0 aromatic carbocycles. The summed E-state index contributed by atoms with van der Waals surface area (Å²) in [5.74, 6) is 2.47. The highest BCUT2D eigenvalue weighted by Crippen LogP contribution is 2.64. The molecule has 7 atom stereocenters. The second-order valence-electron chi connectivity index (χ2n) is 12.0. The first-order chi connectivity index (χ1) is 16.9. The summed E-state index contributed by atoms with van der Waals surface area (Å²) in [7, 11) is 0. The van der Waals surface area contributed by atoms with Crippen LogP contribution in [0, 0.1) is 35.0 Å². The van der Waals surface area contributed by atoms with Crippen molar-refractivity contribution in [2.45, 2.75) is 117 Å². The van der Waals surface area contributed by atoms with Gasteiger partial charge in [0.2, 0.25) is 0 Å². The number of hydrogen-bond donors (Lipinski definition) is 0. The van der Waals surface area contributed by atoms with Gasteiger partial charge >= 0.3 is 11.9 Å². The van der Waals surface area contributed by atoms with E-state index in [0.29, 0.717) is 48.2 Å². The van der Waals surface area contributed by atoms with E-state index in [1.807, 2.05) is 6.08 Å². The number of carbonyl (C=O) groups is 3. The summed E-state index contributed by atoms with van der Waals surface area (Å²) < 4.78 is 11.4. The van der Waals surface area contributed by atoms with E-state index in [9.17, 15) is 14.4 Å². The highest BCUT2D eigenvalue weighted by Gasteiger charge is 2.60. The maximum absolute atomic E-state index is 12.8. The largest absolute Gasteiger partial charge is 0.459 e. The third-order valence-corrected chi connectivity index (χ3v) is 9.99. The fourth-order valence-electron chi connectivity index (χ4n) is 8.19. The van der Waals surface area contributed by atoms with Crippen molar-refractivity contribution in [3.63, 3.8) is 0 Å². The summed E-state index contributed by atoms with van der Waals surface area (Å²) in [6.45, 7) is 6.46. The molecule has 3 saturated carbocycles. The van der Waals surface area contributed by atoms with Crippen molar-refractivity contribution in [1.29, 1.82) is 0 Å². The first-order valence-electron chi connectivity index (χ1n) is 14.5. The molecule has 35 heavy (non-hydrogen) atoms. The molecular weight excluding hydrogens is 440 g/mol. The maximum atomic E-state index is 12.8. The number of allylic oxidation sites excluding steroid dienone is 1. The van der Waals surface area contributed by atoms with Crippen LogP contribution in [0.25, 0.3) is 0 Å². The Morgan fingerprint density at radius 1 is 1.00 bits per heavy atom. The molecular formula is C30H46O5. The summed E-state index contributed by atoms with van der Waals surface area (Å²) in [6.07, 6.45) is 15.9. The first kappa shape index (κ1) is 26.4. The zero-order valence-corrected chi connectivity index (χ0v) is 22.2. The van der Waals surface area contributed by atoms with E-state index < -0.39 is 5.97 Å². The standard InChI is InChI=1S/C30H46O5/c1-4-6-7-8-9-10-27(32)34-19-28(33)35-29-20(5-2)18-26-25-13-11-21-17-22(31)12-14-23(21)24(25)15-16-30(26,29)3/h17,20,23-26,29H,4-16,18-19H2,1-3H3/t20-,23-,24+,25+,26-,29-,30-/m0/s1. The van der Waals surface area contributed by atoms with E-state index in [4.69, 9.17) is 9.47 Å². The van der Waals surface area contributed by atoms with Gasteiger partial charge in [0.15, 0.2) is 12.4 Å². The van der Waals surface area contributed by atoms with Gasteiger partial charge in [-0.25, -0.2) is 4.79 Å². The number of ether oxygens (including phenoxy) is 2. The molecule has 4 rings (SSSR count). The number of hydrogen-bond acceptors (Lipinski definition) is 5. The SMILES string of the molecule is CCCCCCCC(=O)OCC(=O)O[C@H]1[C@@H](CC)C[C@H]2[C@@H]3CCC4=CC(=O)CC[C@@H]4[C@H]3CC[C@@]21C. The number of ketones is 1. The fraction of sp³-hybridized carbons (Fsp3) is 0.833. The smallest absolute Gasteiger partial charge is 0.344 e. The molecule has 0 bridgehead atoms. The van der Waals surface area contributed by atoms with Crippen LogP contribution in [0.1, 0.15) is 111 Å². The Kier molecular flexibility index (Phi) is 8.76. The second-order valence-corrected chi connectivity index (χ2v) is 12.0. The molecule has 0 spiro atoms. The van der Waals surface area contributed by atoms with Crippen molar-refractivity contribution in [2.75, 3.05) is 6.61 Å². The maximum Gasteiger partial charge on any atom is 0.344 e. The third kappa shape index (κ3) is 5.69. The van der Waals surface area contributed by atoms with Gasteiger partial charge in [-0.2, -0.15) is 0 Å². The molecule has 0 N–H and O–H groups in total. The Hall–Kier alpha value is -1.65. The Balaban J connectivity index is 1.33. The van der Waals surface area contributed by atoms with Gasteiger partial charge in [-0.3, -0.25) is 9.59 Å².